The molecule has 1 aromatic carbocycles. The van der Waals surface area contributed by atoms with E-state index in [1.807, 2.05) is 6.07 Å². The van der Waals surface area contributed by atoms with Crippen molar-refractivity contribution >= 4 is 5.91 Å². The van der Waals surface area contributed by atoms with Crippen LogP contribution in [0, 0.1) is 0 Å². The fourth-order valence-corrected chi connectivity index (χ4v) is 2.81. The number of nitrogens with zero attached hydrogens (tertiary/aromatic N) is 1. The van der Waals surface area contributed by atoms with Crippen LogP contribution in [0.1, 0.15) is 29.2 Å². The lowest BCUT2D eigenvalue weighted by Crippen LogP contribution is -2.42. The average Bonchev–Trinajstić information content (AvgIpc) is 3.10. The van der Waals surface area contributed by atoms with E-state index in [2.05, 4.69) is 21.2 Å². The van der Waals surface area contributed by atoms with Crippen molar-refractivity contribution in [1.29, 1.82) is 0 Å². The zero-order chi connectivity index (χ0) is 17.9. The molecule has 0 bridgehead atoms. The van der Waals surface area contributed by atoms with E-state index in [-0.39, 0.29) is 17.9 Å². The highest BCUT2D eigenvalue weighted by Crippen LogP contribution is 2.36. The van der Waals surface area contributed by atoms with Gasteiger partial charge in [0.05, 0.1) is 5.56 Å². The van der Waals surface area contributed by atoms with Crippen LogP contribution in [0.3, 0.4) is 0 Å². The summed E-state index contributed by atoms with van der Waals surface area (Å²) in [5.41, 5.74) is 5.85. The van der Waals surface area contributed by atoms with E-state index < -0.39 is 23.8 Å². The van der Waals surface area contributed by atoms with Gasteiger partial charge < -0.3 is 5.32 Å². The number of carbonyl (C=O) groups excluding carboxylic acids is 1. The molecule has 1 aromatic heterocycles. The van der Waals surface area contributed by atoms with Gasteiger partial charge in [-0.05, 0) is 29.7 Å². The number of carbonyl (C=O) groups is 1. The Kier molecular flexibility index (Phi) is 5.00. The zero-order valence-electron chi connectivity index (χ0n) is 13.2. The first-order valence-electron chi connectivity index (χ1n) is 7.79. The van der Waals surface area contributed by atoms with Crippen LogP contribution in [-0.4, -0.2) is 16.9 Å². The maximum atomic E-state index is 13.1. The van der Waals surface area contributed by atoms with Gasteiger partial charge in [0.1, 0.15) is 6.04 Å². The third kappa shape index (κ3) is 4.15. The summed E-state index contributed by atoms with van der Waals surface area (Å²) in [5.74, 6) is -0.275. The molecule has 2 unspecified atom stereocenters. The van der Waals surface area contributed by atoms with Gasteiger partial charge >= 0.3 is 6.18 Å². The van der Waals surface area contributed by atoms with E-state index in [1.54, 1.807) is 24.5 Å². The minimum atomic E-state index is -4.43. The fraction of sp³-hybridized carbons (Fsp3) is 0.294. The highest BCUT2D eigenvalue weighted by Gasteiger charge is 2.38. The molecule has 0 spiro atoms. The zero-order valence-corrected chi connectivity index (χ0v) is 13.2. The Bertz CT molecular complexity index is 736. The summed E-state index contributed by atoms with van der Waals surface area (Å²) in [7, 11) is 0. The molecule has 8 heteroatoms. The van der Waals surface area contributed by atoms with Crippen LogP contribution >= 0.6 is 0 Å². The lowest BCUT2D eigenvalue weighted by atomic mass is 9.96. The van der Waals surface area contributed by atoms with Crippen LogP contribution < -0.4 is 16.2 Å². The van der Waals surface area contributed by atoms with Gasteiger partial charge in [-0.1, -0.05) is 24.3 Å². The fourth-order valence-electron chi connectivity index (χ4n) is 2.81. The highest BCUT2D eigenvalue weighted by atomic mass is 19.4. The van der Waals surface area contributed by atoms with Gasteiger partial charge in [-0.25, -0.2) is 10.9 Å². The maximum Gasteiger partial charge on any atom is 0.416 e. The summed E-state index contributed by atoms with van der Waals surface area (Å²) in [6, 6.07) is 7.78. The molecule has 0 radical (unpaired) electrons. The number of benzene rings is 1. The van der Waals surface area contributed by atoms with Gasteiger partial charge in [-0.15, -0.1) is 0 Å². The molecule has 132 valence electrons. The van der Waals surface area contributed by atoms with Gasteiger partial charge in [0, 0.05) is 25.0 Å². The average molecular weight is 350 g/mol. The van der Waals surface area contributed by atoms with Gasteiger partial charge in [-0.2, -0.15) is 13.2 Å². The quantitative estimate of drug-likeness (QED) is 0.792. The number of hydrogen-bond donors (Lipinski definition) is 3. The normalized spacial score (nSPS) is 20.4. The predicted molar refractivity (Wildman–Crippen MR) is 84.9 cm³/mol. The lowest BCUT2D eigenvalue weighted by molar-refractivity contribution is -0.138. The topological polar surface area (TPSA) is 66.0 Å². The molecule has 1 aliphatic heterocycles. The molecule has 2 heterocycles. The highest BCUT2D eigenvalue weighted by molar-refractivity contribution is 5.82. The van der Waals surface area contributed by atoms with Crippen molar-refractivity contribution in [1.82, 2.24) is 21.2 Å². The van der Waals surface area contributed by atoms with Crippen molar-refractivity contribution in [2.24, 2.45) is 0 Å². The molecule has 3 rings (SSSR count). The molecule has 2 atom stereocenters. The van der Waals surface area contributed by atoms with Crippen molar-refractivity contribution in [2.75, 3.05) is 0 Å². The van der Waals surface area contributed by atoms with Crippen molar-refractivity contribution < 1.29 is 18.0 Å². The van der Waals surface area contributed by atoms with E-state index >= 15 is 0 Å². The number of alkyl halides is 3. The third-order valence-electron chi connectivity index (χ3n) is 4.05. The number of hydrazine groups is 1. The standard InChI is InChI=1S/C17H17F3N4O/c18-17(19,20)13-6-2-1-5-12(13)14-8-15(24-23-14)16(25)22-10-11-4-3-7-21-9-11/h1-7,9,14-15,23-24H,8,10H2,(H,22,25). The molecule has 3 N–H and O–H groups in total. The molecule has 1 aliphatic rings. The number of nitrogens with one attached hydrogen (secondary N) is 3. The second-order valence-corrected chi connectivity index (χ2v) is 5.79. The van der Waals surface area contributed by atoms with E-state index in [4.69, 9.17) is 0 Å². The summed E-state index contributed by atoms with van der Waals surface area (Å²) in [6.45, 7) is 0.314. The minimum Gasteiger partial charge on any atom is -0.351 e. The Hall–Kier alpha value is -2.45. The van der Waals surface area contributed by atoms with Crippen LogP contribution in [0.5, 0.6) is 0 Å². The first kappa shape index (κ1) is 17.4. The summed E-state index contributed by atoms with van der Waals surface area (Å²) in [4.78, 5) is 16.2. The Balaban J connectivity index is 1.63. The first-order chi connectivity index (χ1) is 11.9. The SMILES string of the molecule is O=C(NCc1cccnc1)C1CC(c2ccccc2C(F)(F)F)NN1. The molecular weight excluding hydrogens is 333 g/mol. The van der Waals surface area contributed by atoms with Crippen LogP contribution in [0.4, 0.5) is 13.2 Å². The summed E-state index contributed by atoms with van der Waals surface area (Å²) < 4.78 is 39.4. The second-order valence-electron chi connectivity index (χ2n) is 5.79. The molecule has 1 amide bonds. The van der Waals surface area contributed by atoms with Crippen LogP contribution in [-0.2, 0) is 17.5 Å². The summed E-state index contributed by atoms with van der Waals surface area (Å²) in [5, 5.41) is 2.75. The molecule has 1 fully saturated rings. The van der Waals surface area contributed by atoms with Crippen molar-refractivity contribution in [3.63, 3.8) is 0 Å². The maximum absolute atomic E-state index is 13.1. The minimum absolute atomic E-state index is 0.130. The molecular formula is C17H17F3N4O. The third-order valence-corrected chi connectivity index (χ3v) is 4.05. The van der Waals surface area contributed by atoms with Gasteiger partial charge in [0.2, 0.25) is 5.91 Å². The Morgan fingerprint density at radius 1 is 1.20 bits per heavy atom. The molecule has 2 aromatic rings. The van der Waals surface area contributed by atoms with Crippen molar-refractivity contribution in [3.8, 4) is 0 Å². The van der Waals surface area contributed by atoms with Gasteiger partial charge in [0.25, 0.3) is 0 Å². The van der Waals surface area contributed by atoms with Crippen molar-refractivity contribution in [2.45, 2.75) is 31.2 Å². The van der Waals surface area contributed by atoms with Gasteiger partial charge in [-0.3, -0.25) is 9.78 Å². The van der Waals surface area contributed by atoms with E-state index in [1.165, 1.54) is 12.1 Å². The van der Waals surface area contributed by atoms with Gasteiger partial charge in [0.15, 0.2) is 0 Å². The van der Waals surface area contributed by atoms with E-state index in [0.29, 0.717) is 6.54 Å². The summed E-state index contributed by atoms with van der Waals surface area (Å²) in [6.07, 6.45) is -0.926. The molecule has 5 nitrogen and oxygen atoms in total. The number of halogens is 3. The van der Waals surface area contributed by atoms with Crippen LogP contribution in [0.25, 0.3) is 0 Å². The number of hydrogen-bond acceptors (Lipinski definition) is 4. The molecule has 0 aliphatic carbocycles. The molecule has 0 saturated carbocycles. The predicted octanol–water partition coefficient (Wildman–Crippen LogP) is 2.32. The Morgan fingerprint density at radius 2 is 2.00 bits per heavy atom. The monoisotopic (exact) mass is 350 g/mol. The van der Waals surface area contributed by atoms with E-state index in [0.717, 1.165) is 11.6 Å². The second kappa shape index (κ2) is 7.20. The number of amides is 1. The number of aromatic nitrogens is 1. The first-order valence-corrected chi connectivity index (χ1v) is 7.79. The molecule has 1 saturated heterocycles. The Morgan fingerprint density at radius 3 is 2.72 bits per heavy atom. The van der Waals surface area contributed by atoms with Crippen LogP contribution in [0.2, 0.25) is 0 Å². The number of rotatable bonds is 4. The number of pyridine rings is 1. The molecule has 25 heavy (non-hydrogen) atoms. The lowest BCUT2D eigenvalue weighted by Gasteiger charge is -2.17. The van der Waals surface area contributed by atoms with Crippen LogP contribution in [0.15, 0.2) is 48.8 Å². The summed E-state index contributed by atoms with van der Waals surface area (Å²) >= 11 is 0. The Labute approximate surface area is 142 Å². The van der Waals surface area contributed by atoms with E-state index in [9.17, 15) is 18.0 Å². The largest absolute Gasteiger partial charge is 0.416 e. The van der Waals surface area contributed by atoms with Crippen molar-refractivity contribution in [3.05, 3.63) is 65.5 Å². The smallest absolute Gasteiger partial charge is 0.351 e.